The summed E-state index contributed by atoms with van der Waals surface area (Å²) in [4.78, 5) is 2.99. The minimum absolute atomic E-state index is 0.523. The molecule has 0 saturated carbocycles. The molecule has 0 amide bonds. The second-order valence-electron chi connectivity index (χ2n) is 2.96. The Labute approximate surface area is 64.7 Å². The summed E-state index contributed by atoms with van der Waals surface area (Å²) in [6, 6.07) is 1.84. The number of nitrogens with one attached hydrogen (secondary N) is 1. The highest BCUT2D eigenvalue weighted by Crippen LogP contribution is 2.24. The van der Waals surface area contributed by atoms with Crippen LogP contribution >= 0.6 is 0 Å². The monoisotopic (exact) mass is 153 g/mol. The van der Waals surface area contributed by atoms with Gasteiger partial charge in [-0.15, -0.1) is 0 Å². The molecule has 0 unspecified atom stereocenters. The van der Waals surface area contributed by atoms with Crippen LogP contribution in [0.25, 0.3) is 0 Å². The molecule has 0 aromatic carbocycles. The summed E-state index contributed by atoms with van der Waals surface area (Å²) in [6.45, 7) is 0. The van der Waals surface area contributed by atoms with E-state index >= 15 is 0 Å². The molecule has 0 bridgehead atoms. The number of aromatic amines is 1. The number of aromatic nitrogens is 1. The summed E-state index contributed by atoms with van der Waals surface area (Å²) >= 11 is 0. The molecular weight excluding hydrogens is 142 g/mol. The average Bonchev–Trinajstić information content (AvgIpc) is 2.40. The van der Waals surface area contributed by atoms with Crippen molar-refractivity contribution in [3.63, 3.8) is 0 Å². The van der Waals surface area contributed by atoms with E-state index in [0.717, 1.165) is 12.8 Å². The van der Waals surface area contributed by atoms with Crippen molar-refractivity contribution >= 4 is 0 Å². The smallest absolute Gasteiger partial charge is 0.193 e. The average molecular weight is 153 g/mol. The maximum absolute atomic E-state index is 8.81. The molecule has 1 heterocycles. The van der Waals surface area contributed by atoms with Crippen LogP contribution in [0.3, 0.4) is 0 Å². The van der Waals surface area contributed by atoms with Crippen LogP contribution in [0, 0.1) is 0 Å². The molecule has 1 aromatic rings. The van der Waals surface area contributed by atoms with Gasteiger partial charge in [0.2, 0.25) is 0 Å². The van der Waals surface area contributed by atoms with Gasteiger partial charge in [0, 0.05) is 5.69 Å². The zero-order valence-corrected chi connectivity index (χ0v) is 6.17. The number of hydrogen-bond donors (Lipinski definition) is 3. The largest absolute Gasteiger partial charge is 0.363 e. The number of aliphatic hydroxyl groups excluding tert-OH is 1. The van der Waals surface area contributed by atoms with Gasteiger partial charge in [-0.1, -0.05) is 0 Å². The molecule has 2 rings (SSSR count). The highest BCUT2D eigenvalue weighted by molar-refractivity contribution is 5.30. The minimum Gasteiger partial charge on any atom is -0.363 e. The number of fused-ring (bicyclic) bond motifs is 1. The SMILES string of the molecule is OC(O)c1cc2c([nH]1)CCC2. The first kappa shape index (κ1) is 6.88. The summed E-state index contributed by atoms with van der Waals surface area (Å²) in [6.07, 6.45) is 1.95. The number of hydrogen-bond acceptors (Lipinski definition) is 2. The first-order valence-electron chi connectivity index (χ1n) is 3.84. The minimum atomic E-state index is -1.35. The van der Waals surface area contributed by atoms with Crippen molar-refractivity contribution in [1.82, 2.24) is 4.98 Å². The van der Waals surface area contributed by atoms with Crippen molar-refractivity contribution in [2.24, 2.45) is 0 Å². The molecule has 1 aliphatic rings. The molecule has 11 heavy (non-hydrogen) atoms. The zero-order valence-electron chi connectivity index (χ0n) is 6.17. The third kappa shape index (κ3) is 1.06. The standard InChI is InChI=1S/C8H11NO2/c10-8(11)7-4-5-2-1-3-6(5)9-7/h4,8-11H,1-3H2. The van der Waals surface area contributed by atoms with Gasteiger partial charge in [0.1, 0.15) is 0 Å². The van der Waals surface area contributed by atoms with Crippen molar-refractivity contribution in [3.05, 3.63) is 23.0 Å². The van der Waals surface area contributed by atoms with Gasteiger partial charge in [-0.3, -0.25) is 0 Å². The fourth-order valence-corrected chi connectivity index (χ4v) is 1.61. The summed E-state index contributed by atoms with van der Waals surface area (Å²) in [5.74, 6) is 0. The Morgan fingerprint density at radius 2 is 2.18 bits per heavy atom. The molecule has 0 fully saturated rings. The van der Waals surface area contributed by atoms with E-state index in [-0.39, 0.29) is 0 Å². The molecule has 3 heteroatoms. The summed E-state index contributed by atoms with van der Waals surface area (Å²) in [5, 5.41) is 17.6. The summed E-state index contributed by atoms with van der Waals surface area (Å²) in [7, 11) is 0. The van der Waals surface area contributed by atoms with E-state index in [1.807, 2.05) is 6.07 Å². The lowest BCUT2D eigenvalue weighted by molar-refractivity contribution is -0.0455. The van der Waals surface area contributed by atoms with E-state index in [1.54, 1.807) is 0 Å². The zero-order chi connectivity index (χ0) is 7.84. The Morgan fingerprint density at radius 3 is 2.82 bits per heavy atom. The molecule has 3 nitrogen and oxygen atoms in total. The van der Waals surface area contributed by atoms with Crippen LogP contribution in [0.2, 0.25) is 0 Å². The second-order valence-corrected chi connectivity index (χ2v) is 2.96. The van der Waals surface area contributed by atoms with Crippen LogP contribution in [0.4, 0.5) is 0 Å². The molecule has 1 aromatic heterocycles. The predicted molar refractivity (Wildman–Crippen MR) is 40.0 cm³/mol. The van der Waals surface area contributed by atoms with Gasteiger partial charge in [-0.2, -0.15) is 0 Å². The van der Waals surface area contributed by atoms with Crippen molar-refractivity contribution in [2.45, 2.75) is 25.6 Å². The third-order valence-electron chi connectivity index (χ3n) is 2.16. The highest BCUT2D eigenvalue weighted by Gasteiger charge is 2.16. The predicted octanol–water partition coefficient (Wildman–Crippen LogP) is 0.487. The molecule has 60 valence electrons. The summed E-state index contributed by atoms with van der Waals surface area (Å²) < 4.78 is 0. The number of aryl methyl sites for hydroxylation is 2. The van der Waals surface area contributed by atoms with Crippen molar-refractivity contribution < 1.29 is 10.2 Å². The van der Waals surface area contributed by atoms with Crippen LogP contribution in [0.15, 0.2) is 6.07 Å². The molecule has 3 N–H and O–H groups in total. The van der Waals surface area contributed by atoms with E-state index in [2.05, 4.69) is 4.98 Å². The maximum Gasteiger partial charge on any atom is 0.193 e. The Balaban J connectivity index is 2.34. The fraction of sp³-hybridized carbons (Fsp3) is 0.500. The van der Waals surface area contributed by atoms with E-state index < -0.39 is 6.29 Å². The number of aliphatic hydroxyl groups is 2. The quantitative estimate of drug-likeness (QED) is 0.514. The van der Waals surface area contributed by atoms with Crippen LogP contribution in [0.5, 0.6) is 0 Å². The van der Waals surface area contributed by atoms with Gasteiger partial charge in [0.05, 0.1) is 5.69 Å². The first-order valence-corrected chi connectivity index (χ1v) is 3.84. The molecule has 0 saturated heterocycles. The van der Waals surface area contributed by atoms with Gasteiger partial charge in [0.25, 0.3) is 0 Å². The third-order valence-corrected chi connectivity index (χ3v) is 2.16. The van der Waals surface area contributed by atoms with Crippen molar-refractivity contribution in [1.29, 1.82) is 0 Å². The summed E-state index contributed by atoms with van der Waals surface area (Å²) in [5.41, 5.74) is 2.94. The fourth-order valence-electron chi connectivity index (χ4n) is 1.61. The molecule has 0 atom stereocenters. The molecular formula is C8H11NO2. The highest BCUT2D eigenvalue weighted by atomic mass is 16.5. The lowest BCUT2D eigenvalue weighted by atomic mass is 10.2. The Morgan fingerprint density at radius 1 is 1.36 bits per heavy atom. The van der Waals surface area contributed by atoms with E-state index in [9.17, 15) is 0 Å². The number of rotatable bonds is 1. The van der Waals surface area contributed by atoms with Gasteiger partial charge >= 0.3 is 0 Å². The van der Waals surface area contributed by atoms with E-state index in [0.29, 0.717) is 5.69 Å². The first-order chi connectivity index (χ1) is 5.27. The van der Waals surface area contributed by atoms with Gasteiger partial charge < -0.3 is 15.2 Å². The Hall–Kier alpha value is -0.800. The maximum atomic E-state index is 8.81. The van der Waals surface area contributed by atoms with Crippen LogP contribution in [-0.4, -0.2) is 15.2 Å². The Kier molecular flexibility index (Phi) is 1.47. The molecule has 0 aliphatic heterocycles. The van der Waals surface area contributed by atoms with E-state index in [1.165, 1.54) is 17.7 Å². The second kappa shape index (κ2) is 2.36. The van der Waals surface area contributed by atoms with Crippen molar-refractivity contribution in [2.75, 3.05) is 0 Å². The number of H-pyrrole nitrogens is 1. The van der Waals surface area contributed by atoms with Crippen molar-refractivity contribution in [3.8, 4) is 0 Å². The van der Waals surface area contributed by atoms with Gasteiger partial charge in [-0.25, -0.2) is 0 Å². The normalized spacial score (nSPS) is 15.9. The van der Waals surface area contributed by atoms with Crippen LogP contribution in [-0.2, 0) is 12.8 Å². The molecule has 0 radical (unpaired) electrons. The Bertz CT molecular complexity index is 244. The lowest BCUT2D eigenvalue weighted by Gasteiger charge is -1.98. The lowest BCUT2D eigenvalue weighted by Crippen LogP contribution is -1.95. The van der Waals surface area contributed by atoms with Crippen LogP contribution < -0.4 is 0 Å². The van der Waals surface area contributed by atoms with E-state index in [4.69, 9.17) is 10.2 Å². The topological polar surface area (TPSA) is 56.2 Å². The molecule has 0 spiro atoms. The van der Waals surface area contributed by atoms with Gasteiger partial charge in [-0.05, 0) is 30.9 Å². The van der Waals surface area contributed by atoms with Gasteiger partial charge in [0.15, 0.2) is 6.29 Å². The molecule has 1 aliphatic carbocycles. The van der Waals surface area contributed by atoms with Crippen LogP contribution in [0.1, 0.15) is 29.7 Å².